The van der Waals surface area contributed by atoms with E-state index in [1.807, 2.05) is 19.1 Å². The predicted octanol–water partition coefficient (Wildman–Crippen LogP) is 4.71. The summed E-state index contributed by atoms with van der Waals surface area (Å²) >= 11 is 1.70. The van der Waals surface area contributed by atoms with E-state index in [0.717, 1.165) is 37.3 Å². The average Bonchev–Trinajstić information content (AvgIpc) is 3.45. The molecule has 4 rings (SSSR count). The first-order chi connectivity index (χ1) is 14.5. The predicted molar refractivity (Wildman–Crippen MR) is 115 cm³/mol. The number of nitrogens with zero attached hydrogens (tertiary/aromatic N) is 5. The highest BCUT2D eigenvalue weighted by Crippen LogP contribution is 2.27. The van der Waals surface area contributed by atoms with E-state index in [1.165, 1.54) is 4.90 Å². The number of hydrogen-bond donors (Lipinski definition) is 0. The van der Waals surface area contributed by atoms with Gasteiger partial charge in [-0.2, -0.15) is 9.97 Å². The summed E-state index contributed by atoms with van der Waals surface area (Å²) in [6, 6.07) is 8.71. The number of benzene rings is 1. The highest BCUT2D eigenvalue weighted by molar-refractivity contribution is 7.98. The number of ether oxygens (including phenoxy) is 1. The lowest BCUT2D eigenvalue weighted by Gasteiger charge is -2.31. The third-order valence-corrected chi connectivity index (χ3v) is 5.94. The van der Waals surface area contributed by atoms with Crippen LogP contribution in [0.4, 0.5) is 6.01 Å². The minimum Gasteiger partial charge on any atom is -0.365 e. The molecule has 3 aromatic rings. The molecule has 1 aromatic carbocycles. The largest absolute Gasteiger partial charge is 0.365 e. The Bertz CT molecular complexity index is 948. The molecule has 30 heavy (non-hydrogen) atoms. The SMILES string of the molecule is CSc1ccc(-c2noc(C(C)OC3CCN(c4nc(C(C)C)no4)CC3)n2)cc1. The number of rotatable bonds is 7. The summed E-state index contributed by atoms with van der Waals surface area (Å²) < 4.78 is 17.1. The maximum absolute atomic E-state index is 6.20. The highest BCUT2D eigenvalue weighted by atomic mass is 32.2. The van der Waals surface area contributed by atoms with E-state index in [-0.39, 0.29) is 18.1 Å². The van der Waals surface area contributed by atoms with E-state index >= 15 is 0 Å². The van der Waals surface area contributed by atoms with Crippen molar-refractivity contribution in [3.8, 4) is 11.4 Å². The summed E-state index contributed by atoms with van der Waals surface area (Å²) in [6.45, 7) is 7.69. The van der Waals surface area contributed by atoms with Crippen molar-refractivity contribution in [1.82, 2.24) is 20.3 Å². The highest BCUT2D eigenvalue weighted by Gasteiger charge is 2.27. The Kier molecular flexibility index (Phi) is 6.38. The fourth-order valence-corrected chi connectivity index (χ4v) is 3.79. The summed E-state index contributed by atoms with van der Waals surface area (Å²) in [5, 5.41) is 8.16. The molecule has 8 nitrogen and oxygen atoms in total. The van der Waals surface area contributed by atoms with Crippen molar-refractivity contribution in [2.45, 2.75) is 56.6 Å². The number of piperidine rings is 1. The molecular weight excluding hydrogens is 402 g/mol. The maximum Gasteiger partial charge on any atom is 0.324 e. The molecule has 9 heteroatoms. The molecule has 1 fully saturated rings. The zero-order chi connectivity index (χ0) is 21.1. The van der Waals surface area contributed by atoms with Gasteiger partial charge in [-0.25, -0.2) is 0 Å². The smallest absolute Gasteiger partial charge is 0.324 e. The van der Waals surface area contributed by atoms with Gasteiger partial charge in [0.25, 0.3) is 5.89 Å². The summed E-state index contributed by atoms with van der Waals surface area (Å²) in [4.78, 5) is 12.3. The van der Waals surface area contributed by atoms with Gasteiger partial charge in [0.05, 0.1) is 6.10 Å². The molecule has 160 valence electrons. The van der Waals surface area contributed by atoms with Crippen molar-refractivity contribution in [3.63, 3.8) is 0 Å². The fourth-order valence-electron chi connectivity index (χ4n) is 3.38. The molecular formula is C21H27N5O3S. The Morgan fingerprint density at radius 3 is 2.40 bits per heavy atom. The summed E-state index contributed by atoms with van der Waals surface area (Å²) in [6.07, 6.45) is 3.67. The lowest BCUT2D eigenvalue weighted by Crippen LogP contribution is -2.37. The van der Waals surface area contributed by atoms with Crippen molar-refractivity contribution < 1.29 is 13.8 Å². The first-order valence-electron chi connectivity index (χ1n) is 10.3. The third-order valence-electron chi connectivity index (χ3n) is 5.19. The van der Waals surface area contributed by atoms with E-state index in [4.69, 9.17) is 13.8 Å². The third kappa shape index (κ3) is 4.67. The molecule has 0 spiro atoms. The standard InChI is InChI=1S/C21H27N5O3S/c1-13(2)18-23-21(29-24-18)26-11-9-16(10-12-26)27-14(3)20-22-19(25-28-20)15-5-7-17(30-4)8-6-15/h5-8,13-14,16H,9-12H2,1-4H3. The van der Waals surface area contributed by atoms with Crippen LogP contribution in [0.15, 0.2) is 38.2 Å². The van der Waals surface area contributed by atoms with Gasteiger partial charge in [-0.1, -0.05) is 24.2 Å². The number of hydrogen-bond acceptors (Lipinski definition) is 9. The molecule has 0 aliphatic carbocycles. The van der Waals surface area contributed by atoms with Crippen LogP contribution in [-0.2, 0) is 4.74 Å². The normalized spacial score (nSPS) is 16.4. The van der Waals surface area contributed by atoms with Crippen molar-refractivity contribution >= 4 is 17.8 Å². The van der Waals surface area contributed by atoms with Crippen LogP contribution in [-0.4, -0.2) is 45.7 Å². The van der Waals surface area contributed by atoms with Crippen LogP contribution >= 0.6 is 11.8 Å². The second-order valence-corrected chi connectivity index (χ2v) is 8.62. The Morgan fingerprint density at radius 2 is 1.77 bits per heavy atom. The van der Waals surface area contributed by atoms with Crippen molar-refractivity contribution in [3.05, 3.63) is 36.0 Å². The van der Waals surface area contributed by atoms with Gasteiger partial charge in [0.15, 0.2) is 5.82 Å². The zero-order valence-electron chi connectivity index (χ0n) is 17.7. The summed E-state index contributed by atoms with van der Waals surface area (Å²) in [5.41, 5.74) is 0.934. The summed E-state index contributed by atoms with van der Waals surface area (Å²) in [5.74, 6) is 2.08. The van der Waals surface area contributed by atoms with E-state index in [9.17, 15) is 0 Å². The van der Waals surface area contributed by atoms with Crippen LogP contribution in [0.2, 0.25) is 0 Å². The van der Waals surface area contributed by atoms with Crippen LogP contribution in [0.25, 0.3) is 11.4 Å². The number of thioether (sulfide) groups is 1. The Morgan fingerprint density at radius 1 is 1.03 bits per heavy atom. The van der Waals surface area contributed by atoms with Crippen molar-refractivity contribution in [2.24, 2.45) is 0 Å². The Labute approximate surface area is 180 Å². The Hall–Kier alpha value is -2.39. The van der Waals surface area contributed by atoms with E-state index in [0.29, 0.717) is 17.7 Å². The topological polar surface area (TPSA) is 90.3 Å². The van der Waals surface area contributed by atoms with Gasteiger partial charge in [0, 0.05) is 29.5 Å². The first-order valence-corrected chi connectivity index (χ1v) is 11.5. The van der Waals surface area contributed by atoms with Gasteiger partial charge in [-0.15, -0.1) is 11.8 Å². The first kappa shape index (κ1) is 20.9. The molecule has 0 saturated carbocycles. The summed E-state index contributed by atoms with van der Waals surface area (Å²) in [7, 11) is 0. The molecule has 3 heterocycles. The quantitative estimate of drug-likeness (QED) is 0.495. The van der Waals surface area contributed by atoms with E-state index in [1.54, 1.807) is 11.8 Å². The maximum atomic E-state index is 6.20. The fraction of sp³-hybridized carbons (Fsp3) is 0.524. The lowest BCUT2D eigenvalue weighted by atomic mass is 10.1. The molecule has 1 unspecified atom stereocenters. The molecule has 1 aliphatic heterocycles. The molecule has 0 N–H and O–H groups in total. The minimum absolute atomic E-state index is 0.125. The van der Waals surface area contributed by atoms with Gasteiger partial charge < -0.3 is 18.7 Å². The molecule has 0 bridgehead atoms. The van der Waals surface area contributed by atoms with Crippen LogP contribution in [0.5, 0.6) is 0 Å². The van der Waals surface area contributed by atoms with Crippen LogP contribution in [0, 0.1) is 0 Å². The van der Waals surface area contributed by atoms with Gasteiger partial charge >= 0.3 is 6.01 Å². The molecule has 0 amide bonds. The van der Waals surface area contributed by atoms with Crippen molar-refractivity contribution in [2.75, 3.05) is 24.2 Å². The van der Waals surface area contributed by atoms with E-state index in [2.05, 4.69) is 57.4 Å². The minimum atomic E-state index is -0.260. The van der Waals surface area contributed by atoms with Crippen molar-refractivity contribution in [1.29, 1.82) is 0 Å². The van der Waals surface area contributed by atoms with E-state index < -0.39 is 0 Å². The lowest BCUT2D eigenvalue weighted by molar-refractivity contribution is -0.0303. The second kappa shape index (κ2) is 9.18. The molecule has 2 aromatic heterocycles. The number of anilines is 1. The van der Waals surface area contributed by atoms with Gasteiger partial charge in [0.1, 0.15) is 6.10 Å². The molecule has 0 radical (unpaired) electrons. The average molecular weight is 430 g/mol. The van der Waals surface area contributed by atoms with Crippen LogP contribution in [0.3, 0.4) is 0 Å². The van der Waals surface area contributed by atoms with Crippen LogP contribution in [0.1, 0.15) is 57.3 Å². The molecule has 1 aliphatic rings. The van der Waals surface area contributed by atoms with Crippen LogP contribution < -0.4 is 4.90 Å². The van der Waals surface area contributed by atoms with Gasteiger partial charge in [0.2, 0.25) is 5.82 Å². The second-order valence-electron chi connectivity index (χ2n) is 7.74. The van der Waals surface area contributed by atoms with Gasteiger partial charge in [-0.05, 0) is 50.3 Å². The molecule has 1 atom stereocenters. The van der Waals surface area contributed by atoms with Gasteiger partial charge in [-0.3, -0.25) is 0 Å². The number of aromatic nitrogens is 4. The zero-order valence-corrected chi connectivity index (χ0v) is 18.6. The molecule has 1 saturated heterocycles. The monoisotopic (exact) mass is 429 g/mol. The Balaban J connectivity index is 1.31.